The van der Waals surface area contributed by atoms with Crippen LogP contribution in [0.1, 0.15) is 51.6 Å². The molecule has 0 spiro atoms. The van der Waals surface area contributed by atoms with Gasteiger partial charge in [-0.25, -0.2) is 4.98 Å². The maximum Gasteiger partial charge on any atom is 0.154 e. The summed E-state index contributed by atoms with van der Waals surface area (Å²) in [5, 5.41) is 0. The lowest BCUT2D eigenvalue weighted by Gasteiger charge is -2.07. The topological polar surface area (TPSA) is 30.2 Å². The van der Waals surface area contributed by atoms with Gasteiger partial charge in [0.1, 0.15) is 0 Å². The first-order chi connectivity index (χ1) is 7.57. The molecule has 0 saturated heterocycles. The van der Waals surface area contributed by atoms with E-state index >= 15 is 0 Å². The van der Waals surface area contributed by atoms with Crippen LogP contribution in [0.3, 0.4) is 0 Å². The van der Waals surface area contributed by atoms with Crippen molar-refractivity contribution in [2.24, 2.45) is 12.0 Å². The third-order valence-corrected chi connectivity index (χ3v) is 2.55. The zero-order valence-corrected chi connectivity index (χ0v) is 10.9. The molecule has 16 heavy (non-hydrogen) atoms. The number of hydrogen-bond donors (Lipinski definition) is 0. The van der Waals surface area contributed by atoms with Crippen LogP contribution in [0.5, 0.6) is 0 Å². The molecule has 1 aromatic heterocycles. The summed E-state index contributed by atoms with van der Waals surface area (Å²) in [6.45, 7) is 8.43. The normalized spacial score (nSPS) is 13.0. The Kier molecular flexibility index (Phi) is 4.47. The molecule has 3 nitrogen and oxygen atoms in total. The van der Waals surface area contributed by atoms with Gasteiger partial charge in [-0.2, -0.15) is 0 Å². The second-order valence-corrected chi connectivity index (χ2v) is 4.23. The Morgan fingerprint density at radius 2 is 2.25 bits per heavy atom. The third kappa shape index (κ3) is 2.81. The summed E-state index contributed by atoms with van der Waals surface area (Å²) in [4.78, 5) is 8.78. The second-order valence-electron chi connectivity index (χ2n) is 4.23. The smallest absolute Gasteiger partial charge is 0.154 e. The highest BCUT2D eigenvalue weighted by Crippen LogP contribution is 2.15. The van der Waals surface area contributed by atoms with Gasteiger partial charge in [0.2, 0.25) is 0 Å². The van der Waals surface area contributed by atoms with Gasteiger partial charge in [0.05, 0.1) is 5.71 Å². The molecule has 0 aliphatic heterocycles. The van der Waals surface area contributed by atoms with Gasteiger partial charge in [-0.3, -0.25) is 4.99 Å². The van der Waals surface area contributed by atoms with E-state index in [0.29, 0.717) is 5.92 Å². The lowest BCUT2D eigenvalue weighted by atomic mass is 10.1. The molecular weight excluding hydrogens is 198 g/mol. The van der Waals surface area contributed by atoms with E-state index in [2.05, 4.69) is 35.3 Å². The van der Waals surface area contributed by atoms with E-state index in [9.17, 15) is 0 Å². The first kappa shape index (κ1) is 12.7. The van der Waals surface area contributed by atoms with Crippen molar-refractivity contribution in [2.45, 2.75) is 40.0 Å². The highest BCUT2D eigenvalue weighted by atomic mass is 15.1. The largest absolute Gasteiger partial charge is 0.330 e. The molecule has 0 aliphatic carbocycles. The predicted octanol–water partition coefficient (Wildman–Crippen LogP) is 3.28. The highest BCUT2D eigenvalue weighted by Gasteiger charge is 2.10. The fraction of sp³-hybridized carbons (Fsp3) is 0.538. The minimum atomic E-state index is 0.491. The summed E-state index contributed by atoms with van der Waals surface area (Å²) in [6.07, 6.45) is 6.83. The van der Waals surface area contributed by atoms with Crippen LogP contribution in [0, 0.1) is 0 Å². The van der Waals surface area contributed by atoms with E-state index < -0.39 is 0 Å². The molecule has 88 valence electrons. The molecule has 1 aromatic rings. The highest BCUT2D eigenvalue weighted by molar-refractivity contribution is 5.96. The lowest BCUT2D eigenvalue weighted by molar-refractivity contribution is 0.736. The van der Waals surface area contributed by atoms with E-state index in [1.165, 1.54) is 5.69 Å². The number of nitrogens with zero attached hydrogens (tertiary/aromatic N) is 3. The lowest BCUT2D eigenvalue weighted by Crippen LogP contribution is -2.07. The summed E-state index contributed by atoms with van der Waals surface area (Å²) >= 11 is 0. The molecule has 0 aliphatic rings. The Morgan fingerprint density at radius 1 is 1.56 bits per heavy atom. The van der Waals surface area contributed by atoms with Gasteiger partial charge >= 0.3 is 0 Å². The van der Waals surface area contributed by atoms with Crippen LogP contribution in [0.2, 0.25) is 0 Å². The molecule has 0 unspecified atom stereocenters. The zero-order chi connectivity index (χ0) is 12.1. The van der Waals surface area contributed by atoms with Gasteiger partial charge in [-0.05, 0) is 19.3 Å². The first-order valence-electron chi connectivity index (χ1n) is 5.79. The fourth-order valence-corrected chi connectivity index (χ4v) is 1.62. The van der Waals surface area contributed by atoms with Crippen molar-refractivity contribution in [3.05, 3.63) is 30.0 Å². The SMILES string of the molecule is CC/C=C/N=C(C)c1ncc(C(C)C)n1C. The second kappa shape index (κ2) is 5.64. The molecule has 3 heteroatoms. The summed E-state index contributed by atoms with van der Waals surface area (Å²) in [6, 6.07) is 0. The standard InChI is InChI=1S/C13H21N3/c1-6-7-8-14-11(4)13-15-9-12(10(2)3)16(13)5/h7-10H,6H2,1-5H3/b8-7+,14-11?. The van der Waals surface area contributed by atoms with Crippen LogP contribution in [0.15, 0.2) is 23.5 Å². The monoisotopic (exact) mass is 219 g/mol. The predicted molar refractivity (Wildman–Crippen MR) is 68.9 cm³/mol. The number of rotatable bonds is 4. The number of aromatic nitrogens is 2. The number of imidazole rings is 1. The molecule has 0 bridgehead atoms. The Morgan fingerprint density at radius 3 is 2.75 bits per heavy atom. The van der Waals surface area contributed by atoms with Crippen LogP contribution in [0.25, 0.3) is 0 Å². The molecule has 0 aromatic carbocycles. The maximum absolute atomic E-state index is 4.41. The van der Waals surface area contributed by atoms with Gasteiger partial charge in [0.25, 0.3) is 0 Å². The van der Waals surface area contributed by atoms with Gasteiger partial charge in [0, 0.05) is 25.1 Å². The summed E-state index contributed by atoms with van der Waals surface area (Å²) in [5.74, 6) is 1.44. The molecule has 0 N–H and O–H groups in total. The van der Waals surface area contributed by atoms with Gasteiger partial charge in [-0.15, -0.1) is 0 Å². The minimum Gasteiger partial charge on any atom is -0.330 e. The van der Waals surface area contributed by atoms with Crippen molar-refractivity contribution in [3.8, 4) is 0 Å². The van der Waals surface area contributed by atoms with Crippen molar-refractivity contribution in [1.29, 1.82) is 0 Å². The molecular formula is C13H21N3. The first-order valence-corrected chi connectivity index (χ1v) is 5.79. The summed E-state index contributed by atoms with van der Waals surface area (Å²) in [5.41, 5.74) is 2.20. The molecule has 1 rings (SSSR count). The molecule has 1 heterocycles. The van der Waals surface area contributed by atoms with E-state index in [0.717, 1.165) is 18.0 Å². The Bertz CT molecular complexity index is 397. The quantitative estimate of drug-likeness (QED) is 0.715. The van der Waals surface area contributed by atoms with Crippen molar-refractivity contribution in [3.63, 3.8) is 0 Å². The van der Waals surface area contributed by atoms with E-state index in [1.54, 1.807) is 0 Å². The van der Waals surface area contributed by atoms with Crippen LogP contribution in [-0.2, 0) is 7.05 Å². The number of aliphatic imine (C=N–C) groups is 1. The zero-order valence-electron chi connectivity index (χ0n) is 10.9. The Labute approximate surface area is 97.9 Å². The Balaban J connectivity index is 2.96. The average Bonchev–Trinajstić information content (AvgIpc) is 2.60. The van der Waals surface area contributed by atoms with E-state index in [4.69, 9.17) is 0 Å². The minimum absolute atomic E-state index is 0.491. The van der Waals surface area contributed by atoms with Crippen LogP contribution >= 0.6 is 0 Å². The molecule has 0 atom stereocenters. The number of allylic oxidation sites excluding steroid dienone is 1. The molecule has 0 saturated carbocycles. The Hall–Kier alpha value is -1.38. The summed E-state index contributed by atoms with van der Waals surface area (Å²) in [7, 11) is 2.04. The molecule has 0 fully saturated rings. The van der Waals surface area contributed by atoms with Crippen molar-refractivity contribution in [2.75, 3.05) is 0 Å². The molecule has 0 radical (unpaired) electrons. The third-order valence-electron chi connectivity index (χ3n) is 2.55. The van der Waals surface area contributed by atoms with Crippen molar-refractivity contribution in [1.82, 2.24) is 9.55 Å². The fourth-order valence-electron chi connectivity index (χ4n) is 1.62. The van der Waals surface area contributed by atoms with Crippen molar-refractivity contribution >= 4 is 5.71 Å². The van der Waals surface area contributed by atoms with Crippen LogP contribution in [-0.4, -0.2) is 15.3 Å². The average molecular weight is 219 g/mol. The van der Waals surface area contributed by atoms with Crippen molar-refractivity contribution < 1.29 is 0 Å². The van der Waals surface area contributed by atoms with E-state index in [-0.39, 0.29) is 0 Å². The number of hydrogen-bond acceptors (Lipinski definition) is 2. The van der Waals surface area contributed by atoms with Gasteiger partial charge in [-0.1, -0.05) is 26.8 Å². The van der Waals surface area contributed by atoms with E-state index in [1.807, 2.05) is 32.4 Å². The van der Waals surface area contributed by atoms with Gasteiger partial charge in [0.15, 0.2) is 5.82 Å². The van der Waals surface area contributed by atoms with Gasteiger partial charge < -0.3 is 4.57 Å². The van der Waals surface area contributed by atoms with Crippen LogP contribution < -0.4 is 0 Å². The summed E-state index contributed by atoms with van der Waals surface area (Å²) < 4.78 is 2.11. The van der Waals surface area contributed by atoms with Crippen LogP contribution in [0.4, 0.5) is 0 Å². The maximum atomic E-state index is 4.41. The molecule has 0 amide bonds.